The van der Waals surface area contributed by atoms with Gasteiger partial charge in [-0.3, -0.25) is 4.79 Å². The molecule has 1 N–H and O–H groups in total. The Morgan fingerprint density at radius 1 is 1.47 bits per heavy atom. The Morgan fingerprint density at radius 3 is 2.88 bits per heavy atom. The topological polar surface area (TPSA) is 72.7 Å². The molecule has 88 valence electrons. The molecule has 0 saturated heterocycles. The number of tetrazole rings is 1. The maximum absolute atomic E-state index is 11.9. The van der Waals surface area contributed by atoms with Crippen LogP contribution in [-0.4, -0.2) is 26.1 Å². The van der Waals surface area contributed by atoms with Crippen molar-refractivity contribution in [2.24, 2.45) is 7.05 Å². The van der Waals surface area contributed by atoms with Gasteiger partial charge in [-0.05, 0) is 38.5 Å². The monoisotopic (exact) mass is 295 g/mol. The first-order valence-corrected chi connectivity index (χ1v) is 5.71. The summed E-state index contributed by atoms with van der Waals surface area (Å²) in [6.45, 7) is 0.295. The van der Waals surface area contributed by atoms with Crippen LogP contribution < -0.4 is 5.32 Å². The van der Waals surface area contributed by atoms with Crippen molar-refractivity contribution in [3.05, 3.63) is 40.1 Å². The van der Waals surface area contributed by atoms with Gasteiger partial charge in [0.25, 0.3) is 5.91 Å². The molecule has 1 amide bonds. The maximum Gasteiger partial charge on any atom is 0.252 e. The number of rotatable bonds is 3. The number of halogens is 1. The first-order valence-electron chi connectivity index (χ1n) is 4.92. The fraction of sp³-hybridized carbons (Fsp3) is 0.200. The molecule has 0 aliphatic rings. The average Bonchev–Trinajstić information content (AvgIpc) is 2.72. The standard InChI is InChI=1S/C10H10BrN5O/c1-16-9(13-14-15-16)6-12-10(17)7-4-2-3-5-8(7)11/h2-5H,6H2,1H3,(H,12,17). The summed E-state index contributed by atoms with van der Waals surface area (Å²) in [4.78, 5) is 11.9. The second kappa shape index (κ2) is 5.05. The number of nitrogens with zero attached hydrogens (tertiary/aromatic N) is 4. The second-order valence-electron chi connectivity index (χ2n) is 3.38. The van der Waals surface area contributed by atoms with E-state index in [1.165, 1.54) is 4.68 Å². The molecule has 1 aromatic heterocycles. The van der Waals surface area contributed by atoms with Gasteiger partial charge in [0.1, 0.15) is 0 Å². The minimum atomic E-state index is -0.166. The van der Waals surface area contributed by atoms with Crippen LogP contribution in [0.25, 0.3) is 0 Å². The van der Waals surface area contributed by atoms with E-state index >= 15 is 0 Å². The predicted molar refractivity (Wildman–Crippen MR) is 64.1 cm³/mol. The molecule has 0 aliphatic heterocycles. The van der Waals surface area contributed by atoms with Gasteiger partial charge in [-0.15, -0.1) is 5.10 Å². The van der Waals surface area contributed by atoms with Crippen LogP contribution in [0.3, 0.4) is 0 Å². The van der Waals surface area contributed by atoms with Crippen molar-refractivity contribution < 1.29 is 4.79 Å². The molecular formula is C10H10BrN5O. The van der Waals surface area contributed by atoms with Crippen LogP contribution in [0.2, 0.25) is 0 Å². The van der Waals surface area contributed by atoms with Gasteiger partial charge in [-0.1, -0.05) is 12.1 Å². The first kappa shape index (κ1) is 11.7. The van der Waals surface area contributed by atoms with E-state index in [1.54, 1.807) is 13.1 Å². The highest BCUT2D eigenvalue weighted by atomic mass is 79.9. The molecule has 1 heterocycles. The predicted octanol–water partition coefficient (Wildman–Crippen LogP) is 0.903. The number of aromatic nitrogens is 4. The highest BCUT2D eigenvalue weighted by molar-refractivity contribution is 9.10. The van der Waals surface area contributed by atoms with Crippen LogP contribution in [0, 0.1) is 0 Å². The van der Waals surface area contributed by atoms with Gasteiger partial charge in [-0.25, -0.2) is 4.68 Å². The number of benzene rings is 1. The third-order valence-electron chi connectivity index (χ3n) is 2.23. The molecule has 0 bridgehead atoms. The minimum Gasteiger partial charge on any atom is -0.345 e. The molecule has 0 fully saturated rings. The van der Waals surface area contributed by atoms with Crippen LogP contribution in [0.4, 0.5) is 0 Å². The number of aryl methyl sites for hydroxylation is 1. The number of nitrogens with one attached hydrogen (secondary N) is 1. The van der Waals surface area contributed by atoms with E-state index < -0.39 is 0 Å². The normalized spacial score (nSPS) is 10.2. The van der Waals surface area contributed by atoms with Crippen molar-refractivity contribution in [3.63, 3.8) is 0 Å². The van der Waals surface area contributed by atoms with E-state index in [9.17, 15) is 4.79 Å². The lowest BCUT2D eigenvalue weighted by Gasteiger charge is -2.05. The quantitative estimate of drug-likeness (QED) is 0.913. The fourth-order valence-corrected chi connectivity index (χ4v) is 1.76. The molecule has 0 spiro atoms. The van der Waals surface area contributed by atoms with Crippen molar-refractivity contribution in [1.82, 2.24) is 25.5 Å². The number of hydrogen-bond donors (Lipinski definition) is 1. The fourth-order valence-electron chi connectivity index (χ4n) is 1.30. The SMILES string of the molecule is Cn1nnnc1CNC(=O)c1ccccc1Br. The largest absolute Gasteiger partial charge is 0.345 e. The first-order chi connectivity index (χ1) is 8.18. The lowest BCUT2D eigenvalue weighted by Crippen LogP contribution is -2.24. The minimum absolute atomic E-state index is 0.166. The summed E-state index contributed by atoms with van der Waals surface area (Å²) >= 11 is 3.32. The van der Waals surface area contributed by atoms with E-state index in [2.05, 4.69) is 36.8 Å². The number of carbonyl (C=O) groups is 1. The summed E-state index contributed by atoms with van der Waals surface area (Å²) in [5.74, 6) is 0.436. The zero-order valence-electron chi connectivity index (χ0n) is 9.09. The third kappa shape index (κ3) is 2.68. The van der Waals surface area contributed by atoms with Crippen molar-refractivity contribution >= 4 is 21.8 Å². The molecule has 7 heteroatoms. The van der Waals surface area contributed by atoms with Crippen LogP contribution in [0.1, 0.15) is 16.2 Å². The second-order valence-corrected chi connectivity index (χ2v) is 4.24. The van der Waals surface area contributed by atoms with E-state index in [0.717, 1.165) is 4.47 Å². The van der Waals surface area contributed by atoms with Crippen molar-refractivity contribution in [3.8, 4) is 0 Å². The molecule has 0 saturated carbocycles. The lowest BCUT2D eigenvalue weighted by molar-refractivity contribution is 0.0948. The van der Waals surface area contributed by atoms with Crippen LogP contribution in [0.15, 0.2) is 28.7 Å². The molecule has 0 atom stereocenters. The van der Waals surface area contributed by atoms with Gasteiger partial charge in [0, 0.05) is 11.5 Å². The van der Waals surface area contributed by atoms with Crippen LogP contribution >= 0.6 is 15.9 Å². The summed E-state index contributed by atoms with van der Waals surface area (Å²) in [6, 6.07) is 7.23. The number of amides is 1. The zero-order valence-corrected chi connectivity index (χ0v) is 10.7. The Morgan fingerprint density at radius 2 is 2.24 bits per heavy atom. The summed E-state index contributed by atoms with van der Waals surface area (Å²) in [6.07, 6.45) is 0. The molecular weight excluding hydrogens is 286 g/mol. The zero-order chi connectivity index (χ0) is 12.3. The molecule has 0 radical (unpaired) electrons. The van der Waals surface area contributed by atoms with Crippen molar-refractivity contribution in [2.45, 2.75) is 6.54 Å². The third-order valence-corrected chi connectivity index (χ3v) is 2.92. The molecule has 0 aliphatic carbocycles. The van der Waals surface area contributed by atoms with Crippen molar-refractivity contribution in [2.75, 3.05) is 0 Å². The number of hydrogen-bond acceptors (Lipinski definition) is 4. The molecule has 1 aromatic carbocycles. The van der Waals surface area contributed by atoms with Crippen LogP contribution in [-0.2, 0) is 13.6 Å². The van der Waals surface area contributed by atoms with E-state index in [4.69, 9.17) is 0 Å². The Labute approximate surface area is 106 Å². The summed E-state index contributed by atoms with van der Waals surface area (Å²) in [7, 11) is 1.72. The van der Waals surface area contributed by atoms with Crippen molar-refractivity contribution in [1.29, 1.82) is 0 Å². The lowest BCUT2D eigenvalue weighted by atomic mass is 10.2. The Bertz CT molecular complexity index is 539. The number of carbonyl (C=O) groups excluding carboxylic acids is 1. The highest BCUT2D eigenvalue weighted by Crippen LogP contribution is 2.15. The van der Waals surface area contributed by atoms with E-state index in [1.807, 2.05) is 18.2 Å². The Balaban J connectivity index is 2.04. The van der Waals surface area contributed by atoms with Gasteiger partial charge in [0.15, 0.2) is 5.82 Å². The Kier molecular flexibility index (Phi) is 3.48. The maximum atomic E-state index is 11.9. The molecule has 17 heavy (non-hydrogen) atoms. The van der Waals surface area contributed by atoms with Gasteiger partial charge in [0.2, 0.25) is 0 Å². The Hall–Kier alpha value is -1.76. The highest BCUT2D eigenvalue weighted by Gasteiger charge is 2.10. The smallest absolute Gasteiger partial charge is 0.252 e. The van der Waals surface area contributed by atoms with Gasteiger partial charge >= 0.3 is 0 Å². The molecule has 2 aromatic rings. The molecule has 6 nitrogen and oxygen atoms in total. The van der Waals surface area contributed by atoms with Crippen LogP contribution in [0.5, 0.6) is 0 Å². The summed E-state index contributed by atoms with van der Waals surface area (Å²) in [5, 5.41) is 13.7. The molecule has 0 unspecified atom stereocenters. The van der Waals surface area contributed by atoms with E-state index in [-0.39, 0.29) is 5.91 Å². The van der Waals surface area contributed by atoms with Gasteiger partial charge in [0.05, 0.1) is 12.1 Å². The van der Waals surface area contributed by atoms with Gasteiger partial charge < -0.3 is 5.32 Å². The van der Waals surface area contributed by atoms with E-state index in [0.29, 0.717) is 17.9 Å². The average molecular weight is 296 g/mol. The van der Waals surface area contributed by atoms with Gasteiger partial charge in [-0.2, -0.15) is 0 Å². The molecule has 2 rings (SSSR count). The summed E-state index contributed by atoms with van der Waals surface area (Å²) in [5.41, 5.74) is 0.586. The summed E-state index contributed by atoms with van der Waals surface area (Å²) < 4.78 is 2.27.